The second-order valence-electron chi connectivity index (χ2n) is 5.94. The average Bonchev–Trinajstić information content (AvgIpc) is 2.35. The quantitative estimate of drug-likeness (QED) is 0.780. The first-order valence-electron chi connectivity index (χ1n) is 6.69. The summed E-state index contributed by atoms with van der Waals surface area (Å²) < 4.78 is 0. The van der Waals surface area contributed by atoms with Gasteiger partial charge in [-0.15, -0.1) is 0 Å². The van der Waals surface area contributed by atoms with E-state index in [0.29, 0.717) is 11.8 Å². The molecule has 0 amide bonds. The Hall–Kier alpha value is -0.930. The Labute approximate surface area is 111 Å². The zero-order valence-electron chi connectivity index (χ0n) is 12.0. The first-order valence-corrected chi connectivity index (χ1v) is 6.69. The summed E-state index contributed by atoms with van der Waals surface area (Å²) in [4.78, 5) is 4.05. The van der Waals surface area contributed by atoms with Crippen molar-refractivity contribution in [2.24, 2.45) is 11.8 Å². The van der Waals surface area contributed by atoms with Gasteiger partial charge in [0.05, 0.1) is 0 Å². The van der Waals surface area contributed by atoms with Crippen molar-refractivity contribution in [3.8, 4) is 0 Å². The van der Waals surface area contributed by atoms with Gasteiger partial charge in [-0.05, 0) is 29.5 Å². The number of aliphatic hydroxyl groups excluding tert-OH is 1. The summed E-state index contributed by atoms with van der Waals surface area (Å²) in [7, 11) is 0. The number of hydrogen-bond donors (Lipinski definition) is 2. The Morgan fingerprint density at radius 3 is 2.39 bits per heavy atom. The molecule has 3 heteroatoms. The SMILES string of the molecule is CC(C)C(CO)CNCC(C)(C)c1ccncc1. The van der Waals surface area contributed by atoms with Crippen LogP contribution in [0.2, 0.25) is 0 Å². The molecular weight excluding hydrogens is 224 g/mol. The molecule has 0 aromatic carbocycles. The number of pyridine rings is 1. The fourth-order valence-corrected chi connectivity index (χ4v) is 1.99. The molecule has 0 bridgehead atoms. The van der Waals surface area contributed by atoms with Crippen LogP contribution >= 0.6 is 0 Å². The maximum absolute atomic E-state index is 9.29. The summed E-state index contributed by atoms with van der Waals surface area (Å²) in [6.07, 6.45) is 3.67. The molecular formula is C15H26N2O. The molecule has 1 rings (SSSR count). The van der Waals surface area contributed by atoms with Crippen LogP contribution in [0, 0.1) is 11.8 Å². The van der Waals surface area contributed by atoms with E-state index in [1.807, 2.05) is 12.4 Å². The topological polar surface area (TPSA) is 45.1 Å². The Kier molecular flexibility index (Phi) is 5.76. The first kappa shape index (κ1) is 15.1. The number of nitrogens with one attached hydrogen (secondary N) is 1. The minimum absolute atomic E-state index is 0.0833. The third-order valence-corrected chi connectivity index (χ3v) is 3.61. The first-order chi connectivity index (χ1) is 8.47. The average molecular weight is 250 g/mol. The Bertz CT molecular complexity index is 336. The summed E-state index contributed by atoms with van der Waals surface area (Å²) in [6, 6.07) is 4.13. The molecule has 2 N–H and O–H groups in total. The number of hydrogen-bond acceptors (Lipinski definition) is 3. The lowest BCUT2D eigenvalue weighted by Gasteiger charge is -2.27. The number of nitrogens with zero attached hydrogens (tertiary/aromatic N) is 1. The van der Waals surface area contributed by atoms with Crippen LogP contribution in [0.5, 0.6) is 0 Å². The molecule has 0 radical (unpaired) electrons. The number of rotatable bonds is 7. The van der Waals surface area contributed by atoms with Crippen LogP contribution in [0.4, 0.5) is 0 Å². The zero-order valence-corrected chi connectivity index (χ0v) is 12.0. The monoisotopic (exact) mass is 250 g/mol. The maximum atomic E-state index is 9.29. The maximum Gasteiger partial charge on any atom is 0.0473 e. The van der Waals surface area contributed by atoms with E-state index >= 15 is 0 Å². The second kappa shape index (κ2) is 6.86. The molecule has 1 heterocycles. The highest BCUT2D eigenvalue weighted by Gasteiger charge is 2.21. The Morgan fingerprint density at radius 2 is 1.89 bits per heavy atom. The van der Waals surface area contributed by atoms with Gasteiger partial charge in [-0.1, -0.05) is 27.7 Å². The van der Waals surface area contributed by atoms with E-state index in [2.05, 4.69) is 50.1 Å². The van der Waals surface area contributed by atoms with Crippen molar-refractivity contribution in [1.29, 1.82) is 0 Å². The van der Waals surface area contributed by atoms with E-state index < -0.39 is 0 Å². The number of aliphatic hydroxyl groups is 1. The lowest BCUT2D eigenvalue weighted by molar-refractivity contribution is 0.184. The third-order valence-electron chi connectivity index (χ3n) is 3.61. The molecule has 3 nitrogen and oxygen atoms in total. The van der Waals surface area contributed by atoms with Gasteiger partial charge in [0.1, 0.15) is 0 Å². The van der Waals surface area contributed by atoms with Crippen LogP contribution < -0.4 is 5.32 Å². The summed E-state index contributed by atoms with van der Waals surface area (Å²) in [5, 5.41) is 12.8. The summed E-state index contributed by atoms with van der Waals surface area (Å²) >= 11 is 0. The van der Waals surface area contributed by atoms with Gasteiger partial charge < -0.3 is 10.4 Å². The van der Waals surface area contributed by atoms with Gasteiger partial charge in [0.15, 0.2) is 0 Å². The molecule has 1 unspecified atom stereocenters. The third kappa shape index (κ3) is 4.39. The fraction of sp³-hybridized carbons (Fsp3) is 0.667. The molecule has 0 saturated carbocycles. The van der Waals surface area contributed by atoms with Crippen molar-refractivity contribution >= 4 is 0 Å². The van der Waals surface area contributed by atoms with Crippen molar-refractivity contribution in [2.75, 3.05) is 19.7 Å². The highest BCUT2D eigenvalue weighted by atomic mass is 16.3. The molecule has 18 heavy (non-hydrogen) atoms. The molecule has 0 fully saturated rings. The van der Waals surface area contributed by atoms with E-state index in [1.54, 1.807) is 0 Å². The summed E-state index contributed by atoms with van der Waals surface area (Å²) in [5.74, 6) is 0.838. The number of aromatic nitrogens is 1. The largest absolute Gasteiger partial charge is 0.396 e. The van der Waals surface area contributed by atoms with Crippen LogP contribution in [0.25, 0.3) is 0 Å². The molecule has 0 aliphatic carbocycles. The van der Waals surface area contributed by atoms with Gasteiger partial charge in [0.2, 0.25) is 0 Å². The van der Waals surface area contributed by atoms with Gasteiger partial charge in [0.25, 0.3) is 0 Å². The zero-order chi connectivity index (χ0) is 13.6. The minimum Gasteiger partial charge on any atom is -0.396 e. The van der Waals surface area contributed by atoms with Crippen LogP contribution in [0.15, 0.2) is 24.5 Å². The van der Waals surface area contributed by atoms with E-state index in [1.165, 1.54) is 5.56 Å². The molecule has 1 aromatic heterocycles. The van der Waals surface area contributed by atoms with Gasteiger partial charge >= 0.3 is 0 Å². The van der Waals surface area contributed by atoms with Crippen LogP contribution in [0.1, 0.15) is 33.3 Å². The van der Waals surface area contributed by atoms with E-state index in [-0.39, 0.29) is 12.0 Å². The Morgan fingerprint density at radius 1 is 1.28 bits per heavy atom. The van der Waals surface area contributed by atoms with Gasteiger partial charge in [-0.25, -0.2) is 0 Å². The highest BCUT2D eigenvalue weighted by molar-refractivity contribution is 5.20. The van der Waals surface area contributed by atoms with Crippen LogP contribution in [-0.4, -0.2) is 29.8 Å². The lowest BCUT2D eigenvalue weighted by atomic mass is 9.85. The molecule has 0 aliphatic heterocycles. The predicted octanol–water partition coefficient (Wildman–Crippen LogP) is 2.21. The molecule has 0 spiro atoms. The lowest BCUT2D eigenvalue weighted by Crippen LogP contribution is -2.37. The van der Waals surface area contributed by atoms with Gasteiger partial charge in [0, 0.05) is 37.5 Å². The van der Waals surface area contributed by atoms with Crippen molar-refractivity contribution in [3.05, 3.63) is 30.1 Å². The van der Waals surface area contributed by atoms with Crippen molar-refractivity contribution < 1.29 is 5.11 Å². The minimum atomic E-state index is 0.0833. The summed E-state index contributed by atoms with van der Waals surface area (Å²) in [5.41, 5.74) is 1.37. The van der Waals surface area contributed by atoms with Crippen LogP contribution in [-0.2, 0) is 5.41 Å². The molecule has 1 atom stereocenters. The molecule has 0 saturated heterocycles. The van der Waals surface area contributed by atoms with Gasteiger partial charge in [-0.3, -0.25) is 4.98 Å². The molecule has 1 aromatic rings. The fourth-order valence-electron chi connectivity index (χ4n) is 1.99. The van der Waals surface area contributed by atoms with E-state index in [0.717, 1.165) is 13.1 Å². The smallest absolute Gasteiger partial charge is 0.0473 e. The van der Waals surface area contributed by atoms with Gasteiger partial charge in [-0.2, -0.15) is 0 Å². The van der Waals surface area contributed by atoms with E-state index in [4.69, 9.17) is 0 Å². The predicted molar refractivity (Wildman–Crippen MR) is 75.5 cm³/mol. The Balaban J connectivity index is 2.47. The van der Waals surface area contributed by atoms with Crippen LogP contribution in [0.3, 0.4) is 0 Å². The molecule has 102 valence electrons. The van der Waals surface area contributed by atoms with Crippen molar-refractivity contribution in [3.63, 3.8) is 0 Å². The van der Waals surface area contributed by atoms with Crippen molar-refractivity contribution in [1.82, 2.24) is 10.3 Å². The van der Waals surface area contributed by atoms with E-state index in [9.17, 15) is 5.11 Å². The summed E-state index contributed by atoms with van der Waals surface area (Å²) in [6.45, 7) is 10.8. The second-order valence-corrected chi connectivity index (χ2v) is 5.94. The van der Waals surface area contributed by atoms with Crippen molar-refractivity contribution in [2.45, 2.75) is 33.1 Å². The standard InChI is InChI=1S/C15H26N2O/c1-12(2)13(10-18)9-17-11-15(3,4)14-5-7-16-8-6-14/h5-8,12-13,17-18H,9-11H2,1-4H3. The highest BCUT2D eigenvalue weighted by Crippen LogP contribution is 2.21. The normalized spacial score (nSPS) is 13.9. The molecule has 0 aliphatic rings.